The minimum atomic E-state index is -3.47. The fraction of sp³-hybridized carbons (Fsp3) is 0.545. The summed E-state index contributed by atoms with van der Waals surface area (Å²) in [6.07, 6.45) is 1.18. The quantitative estimate of drug-likeness (QED) is 0.200. The van der Waals surface area contributed by atoms with E-state index in [2.05, 4.69) is 25.7 Å². The maximum Gasteiger partial charge on any atom is 1.00 e. The second-order valence-electron chi connectivity index (χ2n) is 4.21. The number of hydrogen-bond acceptors (Lipinski definition) is 7. The molecule has 1 aromatic rings. The van der Waals surface area contributed by atoms with Crippen molar-refractivity contribution in [2.24, 2.45) is 0 Å². The number of aliphatic hydroxyl groups excluding tert-OH is 3. The summed E-state index contributed by atoms with van der Waals surface area (Å²) in [5.74, 6) is -7.30. The van der Waals surface area contributed by atoms with Gasteiger partial charge in [-0.25, -0.2) is 22.5 Å². The Bertz CT molecular complexity index is 555. The summed E-state index contributed by atoms with van der Waals surface area (Å²) < 4.78 is 53.0. The number of rotatable bonds is 7. The number of alkyl halides is 4. The van der Waals surface area contributed by atoms with E-state index in [4.69, 9.17) is 15.3 Å². The van der Waals surface area contributed by atoms with Gasteiger partial charge in [-0.05, 0) is 15.9 Å². The molecule has 25 heavy (non-hydrogen) atoms. The summed E-state index contributed by atoms with van der Waals surface area (Å²) in [4.78, 5) is 13.3. The molecule has 0 atom stereocenters. The minimum Gasteiger partial charge on any atom is -1.00 e. The van der Waals surface area contributed by atoms with Crippen LogP contribution in [-0.4, -0.2) is 63.5 Å². The van der Waals surface area contributed by atoms with Crippen LogP contribution in [0.2, 0.25) is 0 Å². The Balaban J connectivity index is -0.000000507. The van der Waals surface area contributed by atoms with E-state index in [1.807, 2.05) is 0 Å². The molecule has 0 aliphatic carbocycles. The van der Waals surface area contributed by atoms with Crippen LogP contribution in [0.4, 0.5) is 23.2 Å². The third-order valence-corrected chi connectivity index (χ3v) is 2.54. The molecule has 0 radical (unpaired) electrons. The topological polar surface area (TPSA) is 126 Å². The fourth-order valence-electron chi connectivity index (χ4n) is 0.928. The third-order valence-electron chi connectivity index (χ3n) is 2.11. The molecule has 0 saturated carbocycles. The Morgan fingerprint density at radius 3 is 2.04 bits per heavy atom. The first-order chi connectivity index (χ1) is 11.0. The largest absolute Gasteiger partial charge is 1.00 e. The van der Waals surface area contributed by atoms with Crippen LogP contribution in [0.25, 0.3) is 0 Å². The zero-order valence-corrected chi connectivity index (χ0v) is 16.4. The van der Waals surface area contributed by atoms with E-state index < -0.39 is 54.8 Å². The molecule has 0 saturated heterocycles. The van der Waals surface area contributed by atoms with Crippen LogP contribution in [0.3, 0.4) is 0 Å². The molecule has 0 aliphatic heterocycles. The summed E-state index contributed by atoms with van der Waals surface area (Å²) in [5.41, 5.74) is -0.534. The number of ether oxygens (including phenoxy) is 1. The van der Waals surface area contributed by atoms with Gasteiger partial charge in [0.25, 0.3) is 11.8 Å². The van der Waals surface area contributed by atoms with E-state index in [-0.39, 0.29) is 31.0 Å². The van der Waals surface area contributed by atoms with Crippen molar-refractivity contribution in [3.05, 3.63) is 26.9 Å². The van der Waals surface area contributed by atoms with Crippen LogP contribution in [-0.2, 0) is 0 Å². The van der Waals surface area contributed by atoms with Crippen molar-refractivity contribution in [3.63, 3.8) is 0 Å². The van der Waals surface area contributed by atoms with E-state index in [1.165, 1.54) is 6.20 Å². The van der Waals surface area contributed by atoms with Gasteiger partial charge in [-0.2, -0.15) is 0 Å². The van der Waals surface area contributed by atoms with Crippen LogP contribution >= 0.6 is 15.9 Å². The molecular formula is C11H14BrF4N2NaO6. The second kappa shape index (κ2) is 11.9. The van der Waals surface area contributed by atoms with Crippen molar-refractivity contribution in [3.8, 4) is 5.88 Å². The van der Waals surface area contributed by atoms with Crippen molar-refractivity contribution < 1.29 is 73.5 Å². The standard InChI is InChI=1S/C8H7BrF2N2O4.C3H6F2O2.Na.H/c9-5-1-6(13(15)16)7(12-2-5)17-4-8(10,11)3-14;4-3(5,1-6)2-7;;/h1-2,14H,3-4H2;6-7H,1-2H2;;/q;;+1;-1. The number of pyridine rings is 1. The van der Waals surface area contributed by atoms with Crippen LogP contribution in [0.5, 0.6) is 5.88 Å². The predicted molar refractivity (Wildman–Crippen MR) is 76.3 cm³/mol. The van der Waals surface area contributed by atoms with E-state index >= 15 is 0 Å². The maximum absolute atomic E-state index is 12.7. The van der Waals surface area contributed by atoms with Crippen molar-refractivity contribution in [1.29, 1.82) is 0 Å². The number of aliphatic hydroxyl groups is 3. The molecule has 140 valence electrons. The van der Waals surface area contributed by atoms with Gasteiger partial charge >= 0.3 is 41.2 Å². The SMILES string of the molecule is O=[N+]([O-])c1cc(Br)cnc1OCC(F)(F)CO.OCC(F)(F)CO.[H-].[Na+]. The first-order valence-corrected chi connectivity index (χ1v) is 6.78. The van der Waals surface area contributed by atoms with Crippen LogP contribution < -0.4 is 34.3 Å². The molecule has 0 aromatic carbocycles. The molecule has 0 aliphatic rings. The average Bonchev–Trinajstić information content (AvgIpc) is 2.54. The van der Waals surface area contributed by atoms with Crippen molar-refractivity contribution in [1.82, 2.24) is 4.98 Å². The molecule has 8 nitrogen and oxygen atoms in total. The van der Waals surface area contributed by atoms with Gasteiger partial charge in [0, 0.05) is 16.7 Å². The van der Waals surface area contributed by atoms with E-state index in [0.29, 0.717) is 4.47 Å². The molecule has 0 spiro atoms. The van der Waals surface area contributed by atoms with Crippen LogP contribution in [0, 0.1) is 10.1 Å². The molecule has 3 N–H and O–H groups in total. The monoisotopic (exact) mass is 448 g/mol. The smallest absolute Gasteiger partial charge is 1.00 e. The zero-order chi connectivity index (χ0) is 19.0. The van der Waals surface area contributed by atoms with Gasteiger partial charge in [0.1, 0.15) is 19.8 Å². The third kappa shape index (κ3) is 10.9. The van der Waals surface area contributed by atoms with Gasteiger partial charge in [-0.15, -0.1) is 0 Å². The number of hydrogen-bond donors (Lipinski definition) is 3. The Morgan fingerprint density at radius 1 is 1.20 bits per heavy atom. The molecule has 0 bridgehead atoms. The van der Waals surface area contributed by atoms with Crippen LogP contribution in [0.15, 0.2) is 16.7 Å². The Hall–Kier alpha value is -0.570. The molecule has 1 heterocycles. The Morgan fingerprint density at radius 2 is 1.68 bits per heavy atom. The van der Waals surface area contributed by atoms with E-state index in [1.54, 1.807) is 0 Å². The van der Waals surface area contributed by atoms with E-state index in [0.717, 1.165) is 6.07 Å². The van der Waals surface area contributed by atoms with Gasteiger partial charge in [0.05, 0.1) is 4.92 Å². The second-order valence-corrected chi connectivity index (χ2v) is 5.13. The number of aromatic nitrogens is 1. The predicted octanol–water partition coefficient (Wildman–Crippen LogP) is -1.52. The fourth-order valence-corrected chi connectivity index (χ4v) is 1.25. The van der Waals surface area contributed by atoms with Gasteiger partial charge in [0.2, 0.25) is 0 Å². The average molecular weight is 449 g/mol. The van der Waals surface area contributed by atoms with Gasteiger partial charge in [0.15, 0.2) is 6.61 Å². The normalized spacial score (nSPS) is 11.0. The summed E-state index contributed by atoms with van der Waals surface area (Å²) in [7, 11) is 0. The van der Waals surface area contributed by atoms with Crippen LogP contribution in [0.1, 0.15) is 1.43 Å². The summed E-state index contributed by atoms with van der Waals surface area (Å²) in [6.45, 7) is -5.16. The molecular weight excluding hydrogens is 435 g/mol. The number of nitro groups is 1. The minimum absolute atomic E-state index is 0. The Kier molecular flexibility index (Phi) is 12.7. The molecule has 0 amide bonds. The van der Waals surface area contributed by atoms with Crippen molar-refractivity contribution in [2.75, 3.05) is 26.4 Å². The van der Waals surface area contributed by atoms with Crippen molar-refractivity contribution in [2.45, 2.75) is 11.8 Å². The van der Waals surface area contributed by atoms with E-state index in [9.17, 15) is 27.7 Å². The first-order valence-electron chi connectivity index (χ1n) is 5.99. The maximum atomic E-state index is 12.7. The molecule has 0 fully saturated rings. The summed E-state index contributed by atoms with van der Waals surface area (Å²) in [5, 5.41) is 34.3. The molecule has 14 heteroatoms. The van der Waals surface area contributed by atoms with Gasteiger partial charge in [-0.1, -0.05) is 0 Å². The number of nitrogens with zero attached hydrogens (tertiary/aromatic N) is 2. The molecule has 1 aromatic heterocycles. The molecule has 0 unspecified atom stereocenters. The summed E-state index contributed by atoms with van der Waals surface area (Å²) in [6, 6.07) is 1.08. The summed E-state index contributed by atoms with van der Waals surface area (Å²) >= 11 is 2.96. The molecule has 1 rings (SSSR count). The van der Waals surface area contributed by atoms with Gasteiger partial charge < -0.3 is 21.5 Å². The number of halogens is 5. The van der Waals surface area contributed by atoms with Crippen molar-refractivity contribution >= 4 is 21.6 Å². The zero-order valence-electron chi connectivity index (χ0n) is 13.8. The first kappa shape index (κ1) is 26.7. The Labute approximate surface area is 170 Å². The van der Waals surface area contributed by atoms with Gasteiger partial charge in [-0.3, -0.25) is 10.1 Å².